The Bertz CT molecular complexity index is 1380. The third-order valence-electron chi connectivity index (χ3n) is 6.29. The fourth-order valence-corrected chi connectivity index (χ4v) is 6.20. The van der Waals surface area contributed by atoms with Gasteiger partial charge in [0.15, 0.2) is 0 Å². The van der Waals surface area contributed by atoms with Crippen molar-refractivity contribution in [3.05, 3.63) is 120 Å². The fraction of sp³-hybridized carbons (Fsp3) is 0.103. The Morgan fingerprint density at radius 2 is 1.48 bits per heavy atom. The van der Waals surface area contributed by atoms with Crippen LogP contribution >= 0.6 is 11.3 Å². The first kappa shape index (κ1) is 18.4. The van der Waals surface area contributed by atoms with Gasteiger partial charge in [-0.1, -0.05) is 72.8 Å². The number of benzene rings is 4. The highest BCUT2D eigenvalue weighted by molar-refractivity contribution is 7.22. The van der Waals surface area contributed by atoms with Crippen LogP contribution in [-0.2, 0) is 6.42 Å². The quantitative estimate of drug-likeness (QED) is 0.285. The molecule has 0 saturated heterocycles. The Kier molecular flexibility index (Phi) is 4.40. The molecule has 0 fully saturated rings. The first-order valence-corrected chi connectivity index (χ1v) is 11.6. The van der Waals surface area contributed by atoms with Gasteiger partial charge >= 0.3 is 0 Å². The molecule has 5 aromatic rings. The molecule has 0 N–H and O–H groups in total. The van der Waals surface area contributed by atoms with Crippen molar-refractivity contribution in [2.45, 2.75) is 19.4 Å². The van der Waals surface area contributed by atoms with Crippen LogP contribution in [0.5, 0.6) is 0 Å². The molecule has 1 aliphatic carbocycles. The number of fused-ring (bicyclic) bond motifs is 5. The molecule has 1 atom stereocenters. The summed E-state index contributed by atoms with van der Waals surface area (Å²) in [5.74, 6) is 0. The van der Waals surface area contributed by atoms with Crippen molar-refractivity contribution >= 4 is 32.8 Å². The van der Waals surface area contributed by atoms with Crippen molar-refractivity contribution in [3.63, 3.8) is 0 Å². The monoisotopic (exact) mass is 417 g/mol. The summed E-state index contributed by atoms with van der Waals surface area (Å²) in [6.45, 7) is 2.17. The highest BCUT2D eigenvalue weighted by Gasteiger charge is 2.32. The van der Waals surface area contributed by atoms with E-state index in [0.717, 1.165) is 6.42 Å². The minimum Gasteiger partial charge on any atom is -0.334 e. The van der Waals surface area contributed by atoms with Gasteiger partial charge in [0, 0.05) is 21.0 Å². The van der Waals surface area contributed by atoms with E-state index in [1.807, 2.05) is 11.3 Å². The lowest BCUT2D eigenvalue weighted by Crippen LogP contribution is -2.28. The van der Waals surface area contributed by atoms with Crippen LogP contribution in [-0.4, -0.2) is 0 Å². The second-order valence-electron chi connectivity index (χ2n) is 8.26. The van der Waals surface area contributed by atoms with E-state index in [1.54, 1.807) is 0 Å². The number of rotatable bonds is 3. The molecule has 0 spiro atoms. The van der Waals surface area contributed by atoms with E-state index >= 15 is 0 Å². The van der Waals surface area contributed by atoms with Crippen LogP contribution in [0.4, 0.5) is 11.4 Å². The highest BCUT2D eigenvalue weighted by Crippen LogP contribution is 2.50. The zero-order chi connectivity index (χ0) is 20.8. The number of aryl methyl sites for hydroxylation is 1. The van der Waals surface area contributed by atoms with Crippen LogP contribution in [0.1, 0.15) is 22.7 Å². The van der Waals surface area contributed by atoms with Gasteiger partial charge in [-0.15, -0.1) is 11.3 Å². The fourth-order valence-electron chi connectivity index (χ4n) is 4.92. The van der Waals surface area contributed by atoms with Crippen molar-refractivity contribution < 1.29 is 0 Å². The van der Waals surface area contributed by atoms with Crippen LogP contribution in [0, 0.1) is 6.92 Å². The minimum atomic E-state index is 0.242. The molecule has 31 heavy (non-hydrogen) atoms. The average Bonchev–Trinajstić information content (AvgIpc) is 3.19. The van der Waals surface area contributed by atoms with Gasteiger partial charge < -0.3 is 4.90 Å². The van der Waals surface area contributed by atoms with Crippen LogP contribution < -0.4 is 4.90 Å². The average molecular weight is 418 g/mol. The Labute approximate surface area is 187 Å². The summed E-state index contributed by atoms with van der Waals surface area (Å²) in [5, 5.41) is 1.40. The van der Waals surface area contributed by atoms with Gasteiger partial charge in [-0.3, -0.25) is 0 Å². The summed E-state index contributed by atoms with van der Waals surface area (Å²) in [4.78, 5) is 3.96. The molecule has 0 bridgehead atoms. The number of nitrogens with zero attached hydrogens (tertiary/aromatic N) is 1. The van der Waals surface area contributed by atoms with Crippen LogP contribution in [0.15, 0.2) is 103 Å². The van der Waals surface area contributed by atoms with Crippen LogP contribution in [0.3, 0.4) is 0 Å². The molecular formula is C29H23NS. The third kappa shape index (κ3) is 3.07. The third-order valence-corrected chi connectivity index (χ3v) is 7.53. The maximum atomic E-state index is 2.53. The number of hydrogen-bond donors (Lipinski definition) is 0. The van der Waals surface area contributed by atoms with Crippen molar-refractivity contribution in [1.82, 2.24) is 0 Å². The molecule has 6 rings (SSSR count). The van der Waals surface area contributed by atoms with Gasteiger partial charge in [0.05, 0.1) is 6.04 Å². The van der Waals surface area contributed by atoms with Crippen molar-refractivity contribution in [2.24, 2.45) is 0 Å². The maximum absolute atomic E-state index is 2.53. The smallest absolute Gasteiger partial charge is 0.0638 e. The molecule has 4 aromatic carbocycles. The Morgan fingerprint density at radius 3 is 2.35 bits per heavy atom. The Balaban J connectivity index is 1.60. The largest absolute Gasteiger partial charge is 0.334 e. The van der Waals surface area contributed by atoms with E-state index in [0.29, 0.717) is 0 Å². The number of hydrogen-bond acceptors (Lipinski definition) is 2. The molecule has 1 unspecified atom stereocenters. The Hall–Kier alpha value is -3.36. The molecule has 1 aromatic heterocycles. The van der Waals surface area contributed by atoms with Gasteiger partial charge in [0.1, 0.15) is 0 Å². The zero-order valence-electron chi connectivity index (χ0n) is 17.5. The first-order valence-electron chi connectivity index (χ1n) is 10.8. The molecule has 0 amide bonds. The maximum Gasteiger partial charge on any atom is 0.0638 e. The SMILES string of the molecule is Cc1cccc(N(c2ccccc2)C2Cc3c(sc4ccccc34)-c3ccccc32)c1. The predicted molar refractivity (Wildman–Crippen MR) is 133 cm³/mol. The van der Waals surface area contributed by atoms with Gasteiger partial charge in [-0.2, -0.15) is 0 Å². The molecule has 0 radical (unpaired) electrons. The lowest BCUT2D eigenvalue weighted by molar-refractivity contribution is 0.690. The lowest BCUT2D eigenvalue weighted by atomic mass is 9.84. The number of para-hydroxylation sites is 1. The molecule has 150 valence electrons. The summed E-state index contributed by atoms with van der Waals surface area (Å²) in [7, 11) is 0. The predicted octanol–water partition coefficient (Wildman–Crippen LogP) is 8.31. The van der Waals surface area contributed by atoms with E-state index in [1.165, 1.54) is 48.6 Å². The normalized spacial score (nSPS) is 14.8. The molecule has 1 nitrogen and oxygen atoms in total. The van der Waals surface area contributed by atoms with E-state index in [-0.39, 0.29) is 6.04 Å². The van der Waals surface area contributed by atoms with Gasteiger partial charge in [-0.25, -0.2) is 0 Å². The molecule has 0 saturated carbocycles. The van der Waals surface area contributed by atoms with Crippen molar-refractivity contribution in [2.75, 3.05) is 4.90 Å². The minimum absolute atomic E-state index is 0.242. The zero-order valence-corrected chi connectivity index (χ0v) is 18.3. The lowest BCUT2D eigenvalue weighted by Gasteiger charge is -2.38. The summed E-state index contributed by atoms with van der Waals surface area (Å²) in [6, 6.07) is 37.8. The Morgan fingerprint density at radius 1 is 0.742 bits per heavy atom. The van der Waals surface area contributed by atoms with Gasteiger partial charge in [0.2, 0.25) is 0 Å². The molecule has 1 aliphatic rings. The topological polar surface area (TPSA) is 3.24 Å². The molecular weight excluding hydrogens is 394 g/mol. The van der Waals surface area contributed by atoms with Crippen LogP contribution in [0.25, 0.3) is 20.5 Å². The second-order valence-corrected chi connectivity index (χ2v) is 9.31. The van der Waals surface area contributed by atoms with Gasteiger partial charge in [-0.05, 0) is 71.3 Å². The molecule has 2 heteroatoms. The van der Waals surface area contributed by atoms with Crippen molar-refractivity contribution in [3.8, 4) is 10.4 Å². The first-order chi connectivity index (χ1) is 15.3. The standard InChI is InChI=1S/C29H23NS/c1-20-10-9-13-22(18-20)30(21-11-3-2-4-12-21)27-19-26-24-15-7-8-17-28(24)31-29(26)25-16-6-5-14-23(25)27/h2-18,27H,19H2,1H3. The number of anilines is 2. The van der Waals surface area contributed by atoms with E-state index < -0.39 is 0 Å². The molecule has 1 heterocycles. The van der Waals surface area contributed by atoms with E-state index in [9.17, 15) is 0 Å². The van der Waals surface area contributed by atoms with Gasteiger partial charge in [0.25, 0.3) is 0 Å². The van der Waals surface area contributed by atoms with E-state index in [2.05, 4.69) is 115 Å². The summed E-state index contributed by atoms with van der Waals surface area (Å²) >= 11 is 1.93. The summed E-state index contributed by atoms with van der Waals surface area (Å²) in [5.41, 5.74) is 8.03. The van der Waals surface area contributed by atoms with Crippen molar-refractivity contribution in [1.29, 1.82) is 0 Å². The van der Waals surface area contributed by atoms with Crippen LogP contribution in [0.2, 0.25) is 0 Å². The van der Waals surface area contributed by atoms with E-state index in [4.69, 9.17) is 0 Å². The molecule has 0 aliphatic heterocycles. The summed E-state index contributed by atoms with van der Waals surface area (Å²) < 4.78 is 1.38. The number of thiophene rings is 1. The summed E-state index contributed by atoms with van der Waals surface area (Å²) in [6.07, 6.45) is 0.999. The highest BCUT2D eigenvalue weighted by atomic mass is 32.1. The second kappa shape index (κ2) is 7.40.